The molecule has 0 unspecified atom stereocenters. The second kappa shape index (κ2) is 6.27. The number of nitrogens with one attached hydrogen (secondary N) is 2. The Kier molecular flexibility index (Phi) is 4.93. The third-order valence-corrected chi connectivity index (χ3v) is 2.55. The van der Waals surface area contributed by atoms with Crippen LogP contribution in [0.15, 0.2) is 0 Å². The molecular weight excluding hydrogens is 196 g/mol. The number of ether oxygens (including phenoxy) is 1. The number of carbonyl (C=O) groups is 2. The quantitative estimate of drug-likeness (QED) is 0.730. The molecule has 1 aliphatic rings. The first-order chi connectivity index (χ1) is 7.22. The van der Waals surface area contributed by atoms with Crippen LogP contribution in [0.1, 0.15) is 32.1 Å². The molecular formula is C10H18N2O3. The Bertz CT molecular complexity index is 225. The van der Waals surface area contributed by atoms with Crippen LogP contribution in [-0.2, 0) is 9.53 Å². The molecule has 0 heterocycles. The summed E-state index contributed by atoms with van der Waals surface area (Å²) >= 11 is 0. The van der Waals surface area contributed by atoms with E-state index in [1.54, 1.807) is 0 Å². The Hall–Kier alpha value is -1.26. The molecule has 0 aromatic carbocycles. The van der Waals surface area contributed by atoms with E-state index in [1.807, 2.05) is 0 Å². The molecule has 0 spiro atoms. The normalized spacial score (nSPS) is 16.9. The third kappa shape index (κ3) is 4.67. The Labute approximate surface area is 89.6 Å². The summed E-state index contributed by atoms with van der Waals surface area (Å²) < 4.78 is 4.36. The standard InChI is InChI=1S/C10H18N2O3/c1-15-10(14)11-7-9(13)12-8-5-3-2-4-6-8/h8H,2-7H2,1H3,(H,11,14)(H,12,13). The zero-order valence-electron chi connectivity index (χ0n) is 9.04. The van der Waals surface area contributed by atoms with E-state index in [-0.39, 0.29) is 18.5 Å². The van der Waals surface area contributed by atoms with Crippen LogP contribution in [0.4, 0.5) is 4.79 Å². The van der Waals surface area contributed by atoms with Gasteiger partial charge in [0.1, 0.15) is 6.54 Å². The van der Waals surface area contributed by atoms with Gasteiger partial charge < -0.3 is 15.4 Å². The van der Waals surface area contributed by atoms with Crippen molar-refractivity contribution in [2.24, 2.45) is 0 Å². The molecule has 2 N–H and O–H groups in total. The third-order valence-electron chi connectivity index (χ3n) is 2.55. The average molecular weight is 214 g/mol. The minimum absolute atomic E-state index is 0.0107. The molecule has 0 saturated heterocycles. The van der Waals surface area contributed by atoms with E-state index >= 15 is 0 Å². The summed E-state index contributed by atoms with van der Waals surface area (Å²) in [6.07, 6.45) is 5.12. The zero-order chi connectivity index (χ0) is 11.1. The van der Waals surface area contributed by atoms with Crippen LogP contribution in [0.3, 0.4) is 0 Å². The lowest BCUT2D eigenvalue weighted by molar-refractivity contribution is -0.121. The first-order valence-electron chi connectivity index (χ1n) is 5.33. The van der Waals surface area contributed by atoms with Crippen LogP contribution in [0.2, 0.25) is 0 Å². The van der Waals surface area contributed by atoms with Gasteiger partial charge in [-0.15, -0.1) is 0 Å². The molecule has 1 fully saturated rings. The smallest absolute Gasteiger partial charge is 0.407 e. The molecule has 1 rings (SSSR count). The molecule has 0 aromatic heterocycles. The molecule has 1 saturated carbocycles. The van der Waals surface area contributed by atoms with E-state index in [2.05, 4.69) is 15.4 Å². The monoisotopic (exact) mass is 214 g/mol. The molecule has 0 radical (unpaired) electrons. The zero-order valence-corrected chi connectivity index (χ0v) is 9.04. The topological polar surface area (TPSA) is 67.4 Å². The maximum Gasteiger partial charge on any atom is 0.407 e. The van der Waals surface area contributed by atoms with Gasteiger partial charge in [0.25, 0.3) is 0 Å². The summed E-state index contributed by atoms with van der Waals surface area (Å²) in [4.78, 5) is 22.0. The number of alkyl carbamates (subject to hydrolysis) is 1. The Morgan fingerprint density at radius 3 is 2.53 bits per heavy atom. The molecule has 0 aromatic rings. The van der Waals surface area contributed by atoms with E-state index in [4.69, 9.17) is 0 Å². The van der Waals surface area contributed by atoms with Crippen LogP contribution in [-0.4, -0.2) is 31.7 Å². The van der Waals surface area contributed by atoms with E-state index in [0.29, 0.717) is 0 Å². The van der Waals surface area contributed by atoms with Crippen molar-refractivity contribution in [1.82, 2.24) is 10.6 Å². The number of hydrogen-bond donors (Lipinski definition) is 2. The van der Waals surface area contributed by atoms with Crippen molar-refractivity contribution in [1.29, 1.82) is 0 Å². The molecule has 0 aliphatic heterocycles. The van der Waals surface area contributed by atoms with Gasteiger partial charge in [-0.3, -0.25) is 4.79 Å². The van der Waals surface area contributed by atoms with E-state index in [9.17, 15) is 9.59 Å². The van der Waals surface area contributed by atoms with Gasteiger partial charge >= 0.3 is 6.09 Å². The van der Waals surface area contributed by atoms with Crippen molar-refractivity contribution in [3.8, 4) is 0 Å². The van der Waals surface area contributed by atoms with Gasteiger partial charge in [0.05, 0.1) is 7.11 Å². The Balaban J connectivity index is 2.14. The number of methoxy groups -OCH3 is 1. The molecule has 1 aliphatic carbocycles. The summed E-state index contributed by atoms with van der Waals surface area (Å²) in [5, 5.41) is 5.24. The number of carbonyl (C=O) groups excluding carboxylic acids is 2. The highest BCUT2D eigenvalue weighted by Gasteiger charge is 2.15. The minimum atomic E-state index is -0.575. The predicted octanol–water partition coefficient (Wildman–Crippen LogP) is 0.791. The minimum Gasteiger partial charge on any atom is -0.453 e. The van der Waals surface area contributed by atoms with Crippen LogP contribution in [0.5, 0.6) is 0 Å². The van der Waals surface area contributed by atoms with Gasteiger partial charge in [-0.2, -0.15) is 0 Å². The molecule has 2 amide bonds. The van der Waals surface area contributed by atoms with Gasteiger partial charge in [-0.05, 0) is 12.8 Å². The van der Waals surface area contributed by atoms with Gasteiger partial charge in [0.15, 0.2) is 0 Å². The Morgan fingerprint density at radius 2 is 1.93 bits per heavy atom. The van der Waals surface area contributed by atoms with Crippen LogP contribution in [0, 0.1) is 0 Å². The van der Waals surface area contributed by atoms with Gasteiger partial charge in [0.2, 0.25) is 5.91 Å². The summed E-state index contributed by atoms with van der Waals surface area (Å²) in [5.74, 6) is -0.146. The van der Waals surface area contributed by atoms with Crippen molar-refractivity contribution in [3.05, 3.63) is 0 Å². The van der Waals surface area contributed by atoms with E-state index < -0.39 is 6.09 Å². The first kappa shape index (κ1) is 11.8. The van der Waals surface area contributed by atoms with Crippen molar-refractivity contribution in [2.45, 2.75) is 38.1 Å². The van der Waals surface area contributed by atoms with E-state index in [0.717, 1.165) is 12.8 Å². The number of rotatable bonds is 3. The fourth-order valence-electron chi connectivity index (χ4n) is 1.75. The summed E-state index contributed by atoms with van der Waals surface area (Å²) in [6, 6.07) is 0.283. The van der Waals surface area contributed by atoms with Crippen molar-refractivity contribution < 1.29 is 14.3 Å². The van der Waals surface area contributed by atoms with Crippen molar-refractivity contribution in [2.75, 3.05) is 13.7 Å². The lowest BCUT2D eigenvalue weighted by Crippen LogP contribution is -2.42. The maximum atomic E-state index is 11.4. The SMILES string of the molecule is COC(=O)NCC(=O)NC1CCCCC1. The summed E-state index contributed by atoms with van der Waals surface area (Å²) in [5.41, 5.74) is 0. The fourth-order valence-corrected chi connectivity index (χ4v) is 1.75. The molecule has 86 valence electrons. The molecule has 0 bridgehead atoms. The summed E-state index contributed by atoms with van der Waals surface area (Å²) in [6.45, 7) is -0.0107. The number of amides is 2. The molecule has 15 heavy (non-hydrogen) atoms. The molecule has 5 nitrogen and oxygen atoms in total. The average Bonchev–Trinajstić information content (AvgIpc) is 2.27. The fraction of sp³-hybridized carbons (Fsp3) is 0.800. The van der Waals surface area contributed by atoms with Gasteiger partial charge in [-0.25, -0.2) is 4.79 Å². The highest BCUT2D eigenvalue weighted by atomic mass is 16.5. The lowest BCUT2D eigenvalue weighted by Gasteiger charge is -2.22. The van der Waals surface area contributed by atoms with Gasteiger partial charge in [0, 0.05) is 6.04 Å². The lowest BCUT2D eigenvalue weighted by atomic mass is 9.95. The van der Waals surface area contributed by atoms with E-state index in [1.165, 1.54) is 26.4 Å². The molecule has 0 atom stereocenters. The van der Waals surface area contributed by atoms with Crippen molar-refractivity contribution >= 4 is 12.0 Å². The van der Waals surface area contributed by atoms with Crippen LogP contribution in [0.25, 0.3) is 0 Å². The van der Waals surface area contributed by atoms with Gasteiger partial charge in [-0.1, -0.05) is 19.3 Å². The highest BCUT2D eigenvalue weighted by molar-refractivity contribution is 5.82. The maximum absolute atomic E-state index is 11.4. The second-order valence-electron chi connectivity index (χ2n) is 3.75. The predicted molar refractivity (Wildman–Crippen MR) is 55.4 cm³/mol. The Morgan fingerprint density at radius 1 is 1.27 bits per heavy atom. The van der Waals surface area contributed by atoms with Crippen LogP contribution < -0.4 is 10.6 Å². The highest BCUT2D eigenvalue weighted by Crippen LogP contribution is 2.16. The molecule has 5 heteroatoms. The largest absolute Gasteiger partial charge is 0.453 e. The summed E-state index contributed by atoms with van der Waals surface area (Å²) in [7, 11) is 1.27. The van der Waals surface area contributed by atoms with Crippen LogP contribution >= 0.6 is 0 Å². The first-order valence-corrected chi connectivity index (χ1v) is 5.33. The van der Waals surface area contributed by atoms with Crippen molar-refractivity contribution in [3.63, 3.8) is 0 Å². The second-order valence-corrected chi connectivity index (χ2v) is 3.75. The number of hydrogen-bond acceptors (Lipinski definition) is 3.